The van der Waals surface area contributed by atoms with Crippen LogP contribution < -0.4 is 0 Å². The van der Waals surface area contributed by atoms with E-state index in [0.29, 0.717) is 16.9 Å². The second kappa shape index (κ2) is 6.22. The number of halogens is 3. The van der Waals surface area contributed by atoms with Crippen molar-refractivity contribution >= 4 is 0 Å². The van der Waals surface area contributed by atoms with Crippen LogP contribution in [0.1, 0.15) is 5.69 Å². The van der Waals surface area contributed by atoms with E-state index in [2.05, 4.69) is 5.10 Å². The lowest BCUT2D eigenvalue weighted by atomic mass is 10.1. The lowest BCUT2D eigenvalue weighted by molar-refractivity contribution is -0.141. The summed E-state index contributed by atoms with van der Waals surface area (Å²) in [6, 6.07) is 21.0. The van der Waals surface area contributed by atoms with Crippen LogP contribution in [0, 0.1) is 0 Å². The predicted octanol–water partition coefficient (Wildman–Crippen LogP) is 5.35. The van der Waals surface area contributed by atoms with Gasteiger partial charge >= 0.3 is 6.18 Å². The van der Waals surface area contributed by atoms with Gasteiger partial charge in [-0.05, 0) is 42.5 Å². The van der Waals surface area contributed by atoms with E-state index in [0.717, 1.165) is 11.8 Å². The summed E-state index contributed by atoms with van der Waals surface area (Å²) in [5, 5.41) is 3.81. The zero-order chi connectivity index (χ0) is 18.1. The van der Waals surface area contributed by atoms with Crippen LogP contribution in [-0.4, -0.2) is 14.3 Å². The summed E-state index contributed by atoms with van der Waals surface area (Å²) in [4.78, 5) is 0. The van der Waals surface area contributed by atoms with Crippen molar-refractivity contribution in [1.29, 1.82) is 0 Å². The highest BCUT2D eigenvalue weighted by Crippen LogP contribution is 2.33. The fraction of sp³-hybridized carbons (Fsp3) is 0.0500. The van der Waals surface area contributed by atoms with Crippen LogP contribution >= 0.6 is 0 Å². The maximum absolute atomic E-state index is 13.2. The lowest BCUT2D eigenvalue weighted by Crippen LogP contribution is -2.07. The molecule has 0 amide bonds. The molecule has 130 valence electrons. The first kappa shape index (κ1) is 16.2. The van der Waals surface area contributed by atoms with E-state index in [9.17, 15) is 13.2 Å². The Morgan fingerprint density at radius 3 is 1.96 bits per heavy atom. The summed E-state index contributed by atoms with van der Waals surface area (Å²) < 4.78 is 42.8. The molecule has 0 aliphatic rings. The van der Waals surface area contributed by atoms with Crippen LogP contribution in [0.3, 0.4) is 0 Å². The molecule has 0 bridgehead atoms. The molecular weight excluding hydrogens is 339 g/mol. The molecule has 0 aliphatic carbocycles. The minimum atomic E-state index is -4.50. The smallest absolute Gasteiger partial charge is 0.324 e. The Morgan fingerprint density at radius 1 is 0.731 bits per heavy atom. The van der Waals surface area contributed by atoms with Gasteiger partial charge in [0.2, 0.25) is 0 Å². The number of hydrogen-bond donors (Lipinski definition) is 0. The molecule has 0 unspecified atom stereocenters. The van der Waals surface area contributed by atoms with E-state index < -0.39 is 11.9 Å². The number of nitrogens with zero attached hydrogens (tertiary/aromatic N) is 3. The Labute approximate surface area is 147 Å². The fourth-order valence-electron chi connectivity index (χ4n) is 2.80. The quantitative estimate of drug-likeness (QED) is 0.487. The normalized spacial score (nSPS) is 11.7. The Balaban J connectivity index is 1.81. The standard InChI is InChI=1S/C20H14F3N3/c21-20(22,23)19-14-18(15-6-2-1-3-7-15)26(24-19)17-10-8-16(9-11-17)25-12-4-5-13-25/h1-14H. The van der Waals surface area contributed by atoms with E-state index in [1.54, 1.807) is 36.4 Å². The van der Waals surface area contributed by atoms with E-state index >= 15 is 0 Å². The van der Waals surface area contributed by atoms with Crippen LogP contribution in [-0.2, 0) is 6.18 Å². The van der Waals surface area contributed by atoms with E-state index in [-0.39, 0.29) is 0 Å². The van der Waals surface area contributed by atoms with E-state index in [1.165, 1.54) is 4.68 Å². The van der Waals surface area contributed by atoms with Crippen LogP contribution in [0.2, 0.25) is 0 Å². The molecule has 2 aromatic carbocycles. The van der Waals surface area contributed by atoms with Crippen molar-refractivity contribution in [3.05, 3.63) is 90.9 Å². The number of hydrogen-bond acceptors (Lipinski definition) is 1. The lowest BCUT2D eigenvalue weighted by Gasteiger charge is -2.09. The number of rotatable bonds is 3. The molecule has 0 aliphatic heterocycles. The van der Waals surface area contributed by atoms with Crippen molar-refractivity contribution < 1.29 is 13.2 Å². The van der Waals surface area contributed by atoms with Crippen molar-refractivity contribution in [2.45, 2.75) is 6.18 Å². The summed E-state index contributed by atoms with van der Waals surface area (Å²) in [6.45, 7) is 0. The highest BCUT2D eigenvalue weighted by Gasteiger charge is 2.35. The molecule has 6 heteroatoms. The van der Waals surface area contributed by atoms with Gasteiger partial charge in [0.15, 0.2) is 5.69 Å². The molecule has 0 N–H and O–H groups in total. The van der Waals surface area contributed by atoms with Crippen molar-refractivity contribution in [2.24, 2.45) is 0 Å². The van der Waals surface area contributed by atoms with Crippen LogP contribution in [0.15, 0.2) is 85.2 Å². The average Bonchev–Trinajstić information content (AvgIpc) is 3.32. The van der Waals surface area contributed by atoms with Crippen molar-refractivity contribution in [2.75, 3.05) is 0 Å². The largest absolute Gasteiger partial charge is 0.435 e. The third-order valence-electron chi connectivity index (χ3n) is 4.07. The fourth-order valence-corrected chi connectivity index (χ4v) is 2.80. The van der Waals surface area contributed by atoms with Crippen LogP contribution in [0.5, 0.6) is 0 Å². The van der Waals surface area contributed by atoms with Crippen LogP contribution in [0.4, 0.5) is 13.2 Å². The Bertz CT molecular complexity index is 999. The zero-order valence-electron chi connectivity index (χ0n) is 13.6. The first-order valence-corrected chi connectivity index (χ1v) is 7.99. The van der Waals surface area contributed by atoms with Gasteiger partial charge in [-0.2, -0.15) is 18.3 Å². The molecule has 3 nitrogen and oxygen atoms in total. The third kappa shape index (κ3) is 3.01. The summed E-state index contributed by atoms with van der Waals surface area (Å²) in [7, 11) is 0. The molecule has 0 radical (unpaired) electrons. The molecule has 4 aromatic rings. The highest BCUT2D eigenvalue weighted by atomic mass is 19.4. The molecule has 0 fully saturated rings. The van der Waals surface area contributed by atoms with E-state index in [1.807, 2.05) is 47.3 Å². The molecule has 2 heterocycles. The topological polar surface area (TPSA) is 22.8 Å². The number of alkyl halides is 3. The molecule has 2 aromatic heterocycles. The first-order chi connectivity index (χ1) is 12.5. The third-order valence-corrected chi connectivity index (χ3v) is 4.07. The highest BCUT2D eigenvalue weighted by molar-refractivity contribution is 5.63. The van der Waals surface area contributed by atoms with Gasteiger partial charge < -0.3 is 4.57 Å². The Kier molecular flexibility index (Phi) is 3.88. The Morgan fingerprint density at radius 2 is 1.35 bits per heavy atom. The number of benzene rings is 2. The van der Waals surface area contributed by atoms with Crippen molar-refractivity contribution in [3.8, 4) is 22.6 Å². The zero-order valence-corrected chi connectivity index (χ0v) is 13.6. The maximum atomic E-state index is 13.2. The second-order valence-corrected chi connectivity index (χ2v) is 5.80. The monoisotopic (exact) mass is 353 g/mol. The maximum Gasteiger partial charge on any atom is 0.435 e. The van der Waals surface area contributed by atoms with Gasteiger partial charge in [-0.15, -0.1) is 0 Å². The average molecular weight is 353 g/mol. The molecule has 4 rings (SSSR count). The minimum Gasteiger partial charge on any atom is -0.324 e. The van der Waals surface area contributed by atoms with Gasteiger partial charge in [-0.25, -0.2) is 4.68 Å². The molecule has 0 saturated carbocycles. The van der Waals surface area contributed by atoms with Gasteiger partial charge in [-0.1, -0.05) is 30.3 Å². The second-order valence-electron chi connectivity index (χ2n) is 5.80. The summed E-state index contributed by atoms with van der Waals surface area (Å²) >= 11 is 0. The molecule has 0 atom stereocenters. The van der Waals surface area contributed by atoms with Crippen molar-refractivity contribution in [1.82, 2.24) is 14.3 Å². The first-order valence-electron chi connectivity index (χ1n) is 7.99. The number of aromatic nitrogens is 3. The molecule has 26 heavy (non-hydrogen) atoms. The van der Waals surface area contributed by atoms with Gasteiger partial charge in [0.1, 0.15) is 0 Å². The molecular formula is C20H14F3N3. The van der Waals surface area contributed by atoms with Crippen molar-refractivity contribution in [3.63, 3.8) is 0 Å². The Hall–Kier alpha value is -3.28. The van der Waals surface area contributed by atoms with Crippen LogP contribution in [0.25, 0.3) is 22.6 Å². The predicted molar refractivity (Wildman–Crippen MR) is 93.3 cm³/mol. The van der Waals surface area contributed by atoms with E-state index in [4.69, 9.17) is 0 Å². The SMILES string of the molecule is FC(F)(F)c1cc(-c2ccccc2)n(-c2ccc(-n3cccc3)cc2)n1. The van der Waals surface area contributed by atoms with Gasteiger partial charge in [0, 0.05) is 23.6 Å². The van der Waals surface area contributed by atoms with Gasteiger partial charge in [0.05, 0.1) is 11.4 Å². The van der Waals surface area contributed by atoms with Gasteiger partial charge in [0.25, 0.3) is 0 Å². The van der Waals surface area contributed by atoms with Gasteiger partial charge in [-0.3, -0.25) is 0 Å². The molecule has 0 saturated heterocycles. The summed E-state index contributed by atoms with van der Waals surface area (Å²) in [6.07, 6.45) is -0.694. The minimum absolute atomic E-state index is 0.395. The summed E-state index contributed by atoms with van der Waals surface area (Å²) in [5.41, 5.74) is 1.64. The molecule has 0 spiro atoms. The summed E-state index contributed by atoms with van der Waals surface area (Å²) in [5.74, 6) is 0.